The lowest BCUT2D eigenvalue weighted by Gasteiger charge is -2.43. The molecule has 0 radical (unpaired) electrons. The highest BCUT2D eigenvalue weighted by Gasteiger charge is 2.50. The van der Waals surface area contributed by atoms with Gasteiger partial charge in [0.15, 0.2) is 0 Å². The second-order valence-corrected chi connectivity index (χ2v) is 14.7. The van der Waals surface area contributed by atoms with Gasteiger partial charge in [0.05, 0.1) is 17.6 Å². The quantitative estimate of drug-likeness (QED) is 0.446. The molecule has 7 rings (SSSR count). The van der Waals surface area contributed by atoms with Gasteiger partial charge in [-0.25, -0.2) is 9.18 Å². The van der Waals surface area contributed by atoms with Crippen molar-refractivity contribution in [1.82, 2.24) is 19.7 Å². The van der Waals surface area contributed by atoms with Gasteiger partial charge < -0.3 is 14.4 Å². The minimum absolute atomic E-state index is 0.0418. The van der Waals surface area contributed by atoms with Crippen LogP contribution in [0.5, 0.6) is 5.88 Å². The first-order chi connectivity index (χ1) is 21.6. The van der Waals surface area contributed by atoms with Gasteiger partial charge >= 0.3 is 6.09 Å². The van der Waals surface area contributed by atoms with Gasteiger partial charge in [0.1, 0.15) is 35.8 Å². The Balaban J connectivity index is 1.20. The normalized spacial score (nSPS) is 28.1. The molecule has 4 fully saturated rings. The summed E-state index contributed by atoms with van der Waals surface area (Å²) in [5, 5.41) is 10.5. The Kier molecular flexibility index (Phi) is 7.89. The molecule has 1 aromatic carbocycles. The van der Waals surface area contributed by atoms with Crippen molar-refractivity contribution in [1.29, 1.82) is 5.26 Å². The van der Waals surface area contributed by atoms with E-state index < -0.39 is 11.8 Å². The Hall–Kier alpha value is -3.42. The summed E-state index contributed by atoms with van der Waals surface area (Å²) in [5.41, 5.74) is 2.95. The average molecular weight is 617 g/mol. The van der Waals surface area contributed by atoms with Crippen molar-refractivity contribution in [3.8, 4) is 11.9 Å². The number of rotatable bonds is 6. The van der Waals surface area contributed by atoms with Crippen molar-refractivity contribution in [2.24, 2.45) is 0 Å². The number of piperazine rings is 1. The number of halogens is 1. The van der Waals surface area contributed by atoms with Crippen molar-refractivity contribution in [3.63, 3.8) is 0 Å². The van der Waals surface area contributed by atoms with Gasteiger partial charge in [0.25, 0.3) is 0 Å². The summed E-state index contributed by atoms with van der Waals surface area (Å²) < 4.78 is 26.9. The molecular weight excluding hydrogens is 571 g/mol. The minimum Gasteiger partial charge on any atom is -0.475 e. The highest BCUT2D eigenvalue weighted by molar-refractivity contribution is 5.71. The number of nitriles is 1. The van der Waals surface area contributed by atoms with Crippen LogP contribution in [0.2, 0.25) is 0 Å². The Morgan fingerprint density at radius 2 is 1.87 bits per heavy atom. The van der Waals surface area contributed by atoms with Gasteiger partial charge in [-0.05, 0) is 70.5 Å². The fourth-order valence-electron chi connectivity index (χ4n) is 8.44. The number of fused-ring (bicyclic) bond motifs is 4. The number of hydrogen-bond acceptors (Lipinski definition) is 8. The summed E-state index contributed by atoms with van der Waals surface area (Å²) in [5.74, 6) is 1.23. The number of nitrogens with zero attached hydrogens (tertiary/aromatic N) is 6. The fraction of sp³-hybridized carbons (Fsp3) is 0.629. The Morgan fingerprint density at radius 3 is 2.58 bits per heavy atom. The molecule has 2 bridgehead atoms. The van der Waals surface area contributed by atoms with Gasteiger partial charge in [-0.2, -0.15) is 10.2 Å². The molecule has 45 heavy (non-hydrogen) atoms. The first-order valence-corrected chi connectivity index (χ1v) is 16.6. The Bertz CT molecular complexity index is 1460. The van der Waals surface area contributed by atoms with E-state index in [0.717, 1.165) is 68.7 Å². The number of benzene rings is 1. The molecule has 4 saturated heterocycles. The maximum atomic E-state index is 14.6. The van der Waals surface area contributed by atoms with Crippen LogP contribution >= 0.6 is 0 Å². The summed E-state index contributed by atoms with van der Waals surface area (Å²) in [7, 11) is 0. The van der Waals surface area contributed by atoms with Crippen LogP contribution in [0, 0.1) is 11.3 Å². The average Bonchev–Trinajstić information content (AvgIpc) is 3.62. The standard InChI is InChI=1S/C35H45FN6O3/c1-34(2,3)45-33(43)42-26-10-11-27(42)21-40(20-26)31-28-12-15-39(18-24-8-5-4-6-9-24)22-30(28)29(17-37)32(38-31)44-23-35-13-7-14-41(35)19-25(36)16-35/h4-6,8-9,25-27H,7,10-16,18-23H2,1-3H3/t25-,26-,27+,35+/m1/s1. The number of alkyl halides is 1. The number of carbonyl (C=O) groups excluding carboxylic acids is 1. The molecule has 10 heteroatoms. The zero-order chi connectivity index (χ0) is 31.3. The molecule has 6 heterocycles. The molecule has 1 amide bonds. The second-order valence-electron chi connectivity index (χ2n) is 14.7. The van der Waals surface area contributed by atoms with E-state index in [0.29, 0.717) is 50.7 Å². The topological polar surface area (TPSA) is 85.2 Å². The molecule has 1 aromatic heterocycles. The number of ether oxygens (including phenoxy) is 2. The van der Waals surface area contributed by atoms with Crippen molar-refractivity contribution < 1.29 is 18.7 Å². The summed E-state index contributed by atoms with van der Waals surface area (Å²) >= 11 is 0. The predicted octanol–water partition coefficient (Wildman–Crippen LogP) is 5.05. The van der Waals surface area contributed by atoms with Crippen LogP contribution in [0.15, 0.2) is 30.3 Å². The molecule has 0 N–H and O–H groups in total. The third kappa shape index (κ3) is 5.85. The molecule has 4 atom stereocenters. The lowest BCUT2D eigenvalue weighted by atomic mass is 9.94. The number of amides is 1. The van der Waals surface area contributed by atoms with Crippen molar-refractivity contribution in [2.45, 2.75) is 102 Å². The maximum absolute atomic E-state index is 14.6. The third-order valence-electron chi connectivity index (χ3n) is 10.4. The first-order valence-electron chi connectivity index (χ1n) is 16.6. The van der Waals surface area contributed by atoms with E-state index >= 15 is 0 Å². The highest BCUT2D eigenvalue weighted by atomic mass is 19.1. The molecule has 5 aliphatic heterocycles. The summed E-state index contributed by atoms with van der Waals surface area (Å²) in [4.78, 5) is 27.2. The monoisotopic (exact) mass is 616 g/mol. The van der Waals surface area contributed by atoms with E-state index in [9.17, 15) is 14.4 Å². The smallest absolute Gasteiger partial charge is 0.410 e. The van der Waals surface area contributed by atoms with E-state index in [1.165, 1.54) is 5.56 Å². The van der Waals surface area contributed by atoms with E-state index in [1.807, 2.05) is 31.7 Å². The summed E-state index contributed by atoms with van der Waals surface area (Å²) in [6.45, 7) is 11.0. The van der Waals surface area contributed by atoms with Crippen LogP contribution in [0.25, 0.3) is 0 Å². The predicted molar refractivity (Wildman–Crippen MR) is 169 cm³/mol. The molecule has 9 nitrogen and oxygen atoms in total. The lowest BCUT2D eigenvalue weighted by molar-refractivity contribution is 0.0122. The van der Waals surface area contributed by atoms with E-state index in [4.69, 9.17) is 14.5 Å². The van der Waals surface area contributed by atoms with Gasteiger partial charge in [-0.1, -0.05) is 30.3 Å². The molecule has 5 aliphatic rings. The number of anilines is 1. The number of aromatic nitrogens is 1. The summed E-state index contributed by atoms with van der Waals surface area (Å²) in [6, 6.07) is 13.0. The molecular formula is C35H45FN6O3. The van der Waals surface area contributed by atoms with Crippen LogP contribution in [0.3, 0.4) is 0 Å². The van der Waals surface area contributed by atoms with Crippen LogP contribution in [-0.4, -0.2) is 94.5 Å². The van der Waals surface area contributed by atoms with Crippen LogP contribution in [0.1, 0.15) is 75.1 Å². The second kappa shape index (κ2) is 11.7. The molecule has 0 saturated carbocycles. The van der Waals surface area contributed by atoms with Crippen molar-refractivity contribution >= 4 is 11.9 Å². The largest absolute Gasteiger partial charge is 0.475 e. The number of carbonyl (C=O) groups is 1. The number of hydrogen-bond donors (Lipinski definition) is 0. The molecule has 0 spiro atoms. The lowest BCUT2D eigenvalue weighted by Crippen LogP contribution is -2.57. The Morgan fingerprint density at radius 1 is 1.11 bits per heavy atom. The van der Waals surface area contributed by atoms with Crippen molar-refractivity contribution in [3.05, 3.63) is 52.6 Å². The van der Waals surface area contributed by atoms with E-state index in [-0.39, 0.29) is 23.7 Å². The zero-order valence-electron chi connectivity index (χ0n) is 26.8. The minimum atomic E-state index is -0.848. The highest BCUT2D eigenvalue weighted by Crippen LogP contribution is 2.43. The van der Waals surface area contributed by atoms with Gasteiger partial charge in [0, 0.05) is 51.3 Å². The molecule has 2 aromatic rings. The first kappa shape index (κ1) is 30.2. The van der Waals surface area contributed by atoms with Crippen LogP contribution in [-0.2, 0) is 24.2 Å². The van der Waals surface area contributed by atoms with E-state index in [1.54, 1.807) is 0 Å². The van der Waals surface area contributed by atoms with Gasteiger partial charge in [0.2, 0.25) is 5.88 Å². The Labute approximate surface area is 265 Å². The molecule has 0 unspecified atom stereocenters. The SMILES string of the molecule is CC(C)(C)OC(=O)N1[C@@H]2CC[C@H]1CN(c1nc(OC[C@@]34CCCN3C[C@H](F)C4)c(C#N)c3c1CCN(Cc1ccccc1)C3)C2. The molecule has 240 valence electrons. The third-order valence-corrected chi connectivity index (χ3v) is 10.4. The molecule has 0 aliphatic carbocycles. The summed E-state index contributed by atoms with van der Waals surface area (Å²) in [6.07, 6.45) is 3.94. The van der Waals surface area contributed by atoms with E-state index in [2.05, 4.69) is 45.0 Å². The maximum Gasteiger partial charge on any atom is 0.410 e. The van der Waals surface area contributed by atoms with Gasteiger partial charge in [-0.15, -0.1) is 0 Å². The number of pyridine rings is 1. The fourth-order valence-corrected chi connectivity index (χ4v) is 8.44. The van der Waals surface area contributed by atoms with Crippen LogP contribution < -0.4 is 9.64 Å². The van der Waals surface area contributed by atoms with Gasteiger partial charge in [-0.3, -0.25) is 14.7 Å². The van der Waals surface area contributed by atoms with Crippen molar-refractivity contribution in [2.75, 3.05) is 44.2 Å². The van der Waals surface area contributed by atoms with Crippen LogP contribution in [0.4, 0.5) is 15.0 Å². The zero-order valence-corrected chi connectivity index (χ0v) is 26.8.